The van der Waals surface area contributed by atoms with Crippen molar-refractivity contribution in [2.24, 2.45) is 0 Å². The molecule has 0 atom stereocenters. The monoisotopic (exact) mass is 268 g/mol. The van der Waals surface area contributed by atoms with E-state index in [1.54, 1.807) is 7.11 Å². The largest absolute Gasteiger partial charge is 0.495 e. The maximum absolute atomic E-state index is 12.4. The summed E-state index contributed by atoms with van der Waals surface area (Å²) in [4.78, 5) is 14.1. The molecule has 0 bridgehead atoms. The number of allylic oxidation sites excluding steroid dienone is 1. The quantitative estimate of drug-likeness (QED) is 0.608. The highest BCUT2D eigenvalue weighted by Crippen LogP contribution is 2.43. The number of ether oxygens (including phenoxy) is 1. The molecule has 3 heteroatoms. The fraction of sp³-hybridized carbons (Fsp3) is 0.0625. The molecule has 3 rings (SSSR count). The first-order valence-corrected chi connectivity index (χ1v) is 6.78. The molecular formula is C16H12O2S. The van der Waals surface area contributed by atoms with Gasteiger partial charge in [-0.2, -0.15) is 0 Å². The van der Waals surface area contributed by atoms with Crippen molar-refractivity contribution in [3.05, 3.63) is 70.6 Å². The summed E-state index contributed by atoms with van der Waals surface area (Å²) in [5.41, 5.74) is 1.68. The van der Waals surface area contributed by atoms with E-state index in [0.717, 1.165) is 16.0 Å². The van der Waals surface area contributed by atoms with E-state index in [0.29, 0.717) is 10.7 Å². The van der Waals surface area contributed by atoms with Crippen molar-refractivity contribution in [1.82, 2.24) is 0 Å². The van der Waals surface area contributed by atoms with Gasteiger partial charge in [-0.25, -0.2) is 0 Å². The van der Waals surface area contributed by atoms with Gasteiger partial charge in [0.05, 0.1) is 7.11 Å². The van der Waals surface area contributed by atoms with Crippen LogP contribution in [-0.4, -0.2) is 12.9 Å². The molecule has 0 aliphatic carbocycles. The molecule has 0 spiro atoms. The van der Waals surface area contributed by atoms with E-state index >= 15 is 0 Å². The Morgan fingerprint density at radius 3 is 2.37 bits per heavy atom. The molecule has 0 saturated carbocycles. The highest BCUT2D eigenvalue weighted by Gasteiger charge is 2.29. The fourth-order valence-corrected chi connectivity index (χ4v) is 3.24. The smallest absolute Gasteiger partial charge is 0.204 e. The molecule has 2 aromatic carbocycles. The Labute approximate surface area is 116 Å². The maximum atomic E-state index is 12.4. The van der Waals surface area contributed by atoms with Crippen LogP contribution in [0.25, 0.3) is 5.76 Å². The molecule has 94 valence electrons. The van der Waals surface area contributed by atoms with Gasteiger partial charge in [0.1, 0.15) is 10.7 Å². The third-order valence-electron chi connectivity index (χ3n) is 3.00. The first kappa shape index (κ1) is 12.1. The number of Topliss-reactive ketones (excluding diaryl/α,β-unsaturated/α-hetero) is 1. The number of rotatable bonds is 2. The minimum atomic E-state index is 0.0429. The summed E-state index contributed by atoms with van der Waals surface area (Å²) in [6.45, 7) is 0. The minimum absolute atomic E-state index is 0.0429. The summed E-state index contributed by atoms with van der Waals surface area (Å²) in [5.74, 6) is 0.688. The number of benzene rings is 2. The molecule has 0 saturated heterocycles. The summed E-state index contributed by atoms with van der Waals surface area (Å²) in [6, 6.07) is 17.4. The Morgan fingerprint density at radius 2 is 1.68 bits per heavy atom. The molecule has 2 nitrogen and oxygen atoms in total. The summed E-state index contributed by atoms with van der Waals surface area (Å²) >= 11 is 1.48. The Hall–Kier alpha value is -2.00. The van der Waals surface area contributed by atoms with Gasteiger partial charge in [0, 0.05) is 16.0 Å². The Balaban J connectivity index is 2.12. The first-order valence-electron chi connectivity index (χ1n) is 5.96. The van der Waals surface area contributed by atoms with Crippen molar-refractivity contribution in [2.75, 3.05) is 7.11 Å². The second kappa shape index (κ2) is 4.94. The number of carbonyl (C=O) groups excluding carboxylic acids is 1. The van der Waals surface area contributed by atoms with E-state index in [1.807, 2.05) is 54.6 Å². The molecule has 1 heterocycles. The summed E-state index contributed by atoms with van der Waals surface area (Å²) < 4.78 is 5.46. The Bertz CT molecular complexity index is 659. The lowest BCUT2D eigenvalue weighted by Gasteiger charge is -2.08. The van der Waals surface area contributed by atoms with Crippen LogP contribution in [0.1, 0.15) is 15.9 Å². The van der Waals surface area contributed by atoms with E-state index in [2.05, 4.69) is 0 Å². The molecule has 19 heavy (non-hydrogen) atoms. The summed E-state index contributed by atoms with van der Waals surface area (Å²) in [6.07, 6.45) is 0. The van der Waals surface area contributed by atoms with Gasteiger partial charge in [-0.05, 0) is 12.1 Å². The zero-order chi connectivity index (χ0) is 13.2. The Morgan fingerprint density at radius 1 is 1.00 bits per heavy atom. The SMILES string of the molecule is CO/C(=C1/Sc2ccccc2C1=O)c1ccccc1. The number of methoxy groups -OCH3 is 1. The van der Waals surface area contributed by atoms with Crippen LogP contribution in [0.2, 0.25) is 0 Å². The number of fused-ring (bicyclic) bond motifs is 1. The van der Waals surface area contributed by atoms with Gasteiger partial charge in [-0.1, -0.05) is 54.2 Å². The zero-order valence-corrected chi connectivity index (χ0v) is 11.2. The van der Waals surface area contributed by atoms with Crippen LogP contribution >= 0.6 is 11.8 Å². The van der Waals surface area contributed by atoms with Crippen LogP contribution in [0.15, 0.2) is 64.4 Å². The van der Waals surface area contributed by atoms with Crippen molar-refractivity contribution in [1.29, 1.82) is 0 Å². The van der Waals surface area contributed by atoms with Crippen molar-refractivity contribution < 1.29 is 9.53 Å². The van der Waals surface area contributed by atoms with E-state index in [9.17, 15) is 4.79 Å². The van der Waals surface area contributed by atoms with Crippen LogP contribution in [0.4, 0.5) is 0 Å². The standard InChI is InChI=1S/C16H12O2S/c1-18-15(11-7-3-2-4-8-11)16-14(17)12-9-5-6-10-13(12)19-16/h2-10H,1H3/b16-15+. The molecular weight excluding hydrogens is 256 g/mol. The Kier molecular flexibility index (Phi) is 3.13. The van der Waals surface area contributed by atoms with Gasteiger partial charge in [0.2, 0.25) is 5.78 Å². The maximum Gasteiger partial charge on any atom is 0.204 e. The average Bonchev–Trinajstić information content (AvgIpc) is 2.79. The first-order chi connectivity index (χ1) is 9.31. The topological polar surface area (TPSA) is 26.3 Å². The summed E-state index contributed by atoms with van der Waals surface area (Å²) in [7, 11) is 1.60. The van der Waals surface area contributed by atoms with Gasteiger partial charge in [-0.15, -0.1) is 0 Å². The van der Waals surface area contributed by atoms with Crippen molar-refractivity contribution in [3.8, 4) is 0 Å². The number of ketones is 1. The molecule has 0 N–H and O–H groups in total. The molecule has 0 amide bonds. The van der Waals surface area contributed by atoms with Crippen LogP contribution in [0, 0.1) is 0 Å². The van der Waals surface area contributed by atoms with Gasteiger partial charge < -0.3 is 4.74 Å². The highest BCUT2D eigenvalue weighted by molar-refractivity contribution is 8.05. The highest BCUT2D eigenvalue weighted by atomic mass is 32.2. The van der Waals surface area contributed by atoms with Crippen LogP contribution < -0.4 is 0 Å². The molecule has 1 aliphatic rings. The molecule has 1 aliphatic heterocycles. The lowest BCUT2D eigenvalue weighted by Crippen LogP contribution is -1.99. The van der Waals surface area contributed by atoms with E-state index in [4.69, 9.17) is 4.74 Å². The molecule has 2 aromatic rings. The number of hydrogen-bond donors (Lipinski definition) is 0. The van der Waals surface area contributed by atoms with E-state index in [-0.39, 0.29) is 5.78 Å². The normalized spacial score (nSPS) is 16.2. The number of thioether (sulfide) groups is 1. The molecule has 0 fully saturated rings. The van der Waals surface area contributed by atoms with Gasteiger partial charge >= 0.3 is 0 Å². The zero-order valence-electron chi connectivity index (χ0n) is 10.4. The van der Waals surface area contributed by atoms with Crippen LogP contribution in [-0.2, 0) is 4.74 Å². The molecule has 0 unspecified atom stereocenters. The second-order valence-electron chi connectivity index (χ2n) is 4.16. The third kappa shape index (κ3) is 2.06. The lowest BCUT2D eigenvalue weighted by atomic mass is 10.1. The van der Waals surface area contributed by atoms with E-state index in [1.165, 1.54) is 11.8 Å². The minimum Gasteiger partial charge on any atom is -0.495 e. The lowest BCUT2D eigenvalue weighted by molar-refractivity contribution is 0.104. The van der Waals surface area contributed by atoms with Gasteiger partial charge in [-0.3, -0.25) is 4.79 Å². The fourth-order valence-electron chi connectivity index (χ4n) is 2.10. The van der Waals surface area contributed by atoms with Crippen LogP contribution in [0.3, 0.4) is 0 Å². The summed E-state index contributed by atoms with van der Waals surface area (Å²) in [5, 5.41) is 0. The molecule has 0 radical (unpaired) electrons. The second-order valence-corrected chi connectivity index (χ2v) is 5.21. The van der Waals surface area contributed by atoms with E-state index < -0.39 is 0 Å². The van der Waals surface area contributed by atoms with Crippen molar-refractivity contribution >= 4 is 23.3 Å². The third-order valence-corrected chi connectivity index (χ3v) is 4.15. The van der Waals surface area contributed by atoms with Crippen molar-refractivity contribution in [2.45, 2.75) is 4.90 Å². The van der Waals surface area contributed by atoms with Crippen molar-refractivity contribution in [3.63, 3.8) is 0 Å². The van der Waals surface area contributed by atoms with Gasteiger partial charge in [0.25, 0.3) is 0 Å². The van der Waals surface area contributed by atoms with Crippen LogP contribution in [0.5, 0.6) is 0 Å². The predicted molar refractivity (Wildman–Crippen MR) is 77.0 cm³/mol. The van der Waals surface area contributed by atoms with Gasteiger partial charge in [0.15, 0.2) is 0 Å². The number of carbonyl (C=O) groups is 1. The average molecular weight is 268 g/mol. The number of hydrogen-bond acceptors (Lipinski definition) is 3. The predicted octanol–water partition coefficient (Wildman–Crippen LogP) is 3.99. The molecule has 0 aromatic heterocycles.